The maximum atomic E-state index is 12.7. The van der Waals surface area contributed by atoms with Gasteiger partial charge in [0, 0.05) is 24.0 Å². The van der Waals surface area contributed by atoms with Gasteiger partial charge in [0.15, 0.2) is 11.0 Å². The maximum Gasteiger partial charge on any atom is 0.321 e. The lowest BCUT2D eigenvalue weighted by Gasteiger charge is -2.23. The molecule has 1 unspecified atom stereocenters. The van der Waals surface area contributed by atoms with Crippen LogP contribution in [0.3, 0.4) is 0 Å². The van der Waals surface area contributed by atoms with Crippen molar-refractivity contribution in [1.29, 1.82) is 0 Å². The van der Waals surface area contributed by atoms with E-state index in [1.807, 2.05) is 47.0 Å². The Kier molecular flexibility index (Phi) is 7.72. The van der Waals surface area contributed by atoms with Crippen LogP contribution in [0.25, 0.3) is 11.4 Å². The highest BCUT2D eigenvalue weighted by Gasteiger charge is 2.23. The predicted molar refractivity (Wildman–Crippen MR) is 128 cm³/mol. The number of hydrogen-bond acceptors (Lipinski definition) is 6. The minimum Gasteiger partial charge on any atom is -0.335 e. The van der Waals surface area contributed by atoms with Gasteiger partial charge in [0.1, 0.15) is 0 Å². The van der Waals surface area contributed by atoms with Crippen molar-refractivity contribution >= 4 is 23.7 Å². The van der Waals surface area contributed by atoms with Crippen LogP contribution in [-0.4, -0.2) is 43.0 Å². The van der Waals surface area contributed by atoms with E-state index in [4.69, 9.17) is 0 Å². The molecular weight excluding hydrogens is 436 g/mol. The highest BCUT2D eigenvalue weighted by Crippen LogP contribution is 2.27. The van der Waals surface area contributed by atoms with Gasteiger partial charge in [-0.25, -0.2) is 4.79 Å². The van der Waals surface area contributed by atoms with Crippen molar-refractivity contribution in [3.63, 3.8) is 0 Å². The first-order valence-electron chi connectivity index (χ1n) is 11.3. The number of aromatic nitrogens is 4. The first-order chi connectivity index (χ1) is 16.1. The second kappa shape index (κ2) is 11.1. The number of amides is 3. The van der Waals surface area contributed by atoms with Crippen LogP contribution < -0.4 is 10.6 Å². The molecule has 0 spiro atoms. The Bertz CT molecular complexity index is 1070. The Labute approximate surface area is 197 Å². The summed E-state index contributed by atoms with van der Waals surface area (Å²) in [5.74, 6) is 0.322. The fourth-order valence-corrected chi connectivity index (χ4v) is 4.73. The smallest absolute Gasteiger partial charge is 0.321 e. The molecule has 8 nitrogen and oxygen atoms in total. The summed E-state index contributed by atoms with van der Waals surface area (Å²) in [5.41, 5.74) is 1.94. The third-order valence-corrected chi connectivity index (χ3v) is 6.73. The molecule has 33 heavy (non-hydrogen) atoms. The Morgan fingerprint density at radius 1 is 1.09 bits per heavy atom. The summed E-state index contributed by atoms with van der Waals surface area (Å²) in [6.07, 6.45) is 8.81. The van der Waals surface area contributed by atoms with Crippen LogP contribution in [0, 0.1) is 0 Å². The Balaban J connectivity index is 1.46. The molecule has 2 heterocycles. The molecule has 3 aromatic rings. The van der Waals surface area contributed by atoms with E-state index in [0.717, 1.165) is 36.8 Å². The maximum absolute atomic E-state index is 12.7. The van der Waals surface area contributed by atoms with Crippen molar-refractivity contribution < 1.29 is 9.59 Å². The molecule has 1 saturated carbocycles. The van der Waals surface area contributed by atoms with Crippen molar-refractivity contribution in [1.82, 2.24) is 30.4 Å². The van der Waals surface area contributed by atoms with Gasteiger partial charge in [-0.3, -0.25) is 19.7 Å². The van der Waals surface area contributed by atoms with Crippen LogP contribution in [0.4, 0.5) is 4.79 Å². The van der Waals surface area contributed by atoms with E-state index in [2.05, 4.69) is 25.8 Å². The zero-order valence-corrected chi connectivity index (χ0v) is 19.4. The standard InChI is InChI=1S/C24H28N6O2S/c1-17(22(31)27-23(32)26-20-12-6-3-7-13-20)33-24-29-28-21(19-11-8-14-25-15-19)30(24)16-18-9-4-2-5-10-18/h2,4-5,8-11,14-15,17,20H,3,6-7,12-13,16H2,1H3,(H2,26,27,31,32). The third-order valence-electron chi connectivity index (χ3n) is 5.65. The lowest BCUT2D eigenvalue weighted by atomic mass is 9.96. The van der Waals surface area contributed by atoms with Crippen LogP contribution in [-0.2, 0) is 11.3 Å². The highest BCUT2D eigenvalue weighted by atomic mass is 32.2. The number of thioether (sulfide) groups is 1. The van der Waals surface area contributed by atoms with Gasteiger partial charge in [-0.15, -0.1) is 10.2 Å². The fourth-order valence-electron chi connectivity index (χ4n) is 3.89. The summed E-state index contributed by atoms with van der Waals surface area (Å²) in [6.45, 7) is 2.32. The Morgan fingerprint density at radius 2 is 1.88 bits per heavy atom. The van der Waals surface area contributed by atoms with Crippen molar-refractivity contribution in [2.75, 3.05) is 0 Å². The van der Waals surface area contributed by atoms with Crippen LogP contribution >= 0.6 is 11.8 Å². The average Bonchev–Trinajstić information content (AvgIpc) is 3.22. The molecule has 9 heteroatoms. The van der Waals surface area contributed by atoms with E-state index in [0.29, 0.717) is 17.5 Å². The van der Waals surface area contributed by atoms with Crippen molar-refractivity contribution in [3.8, 4) is 11.4 Å². The molecule has 1 aliphatic carbocycles. The number of carbonyl (C=O) groups is 2. The zero-order chi connectivity index (χ0) is 23.0. The van der Waals surface area contributed by atoms with E-state index < -0.39 is 11.3 Å². The van der Waals surface area contributed by atoms with E-state index >= 15 is 0 Å². The fraction of sp³-hybridized carbons (Fsp3) is 0.375. The summed E-state index contributed by atoms with van der Waals surface area (Å²) >= 11 is 1.28. The van der Waals surface area contributed by atoms with Gasteiger partial charge in [-0.2, -0.15) is 0 Å². The first-order valence-corrected chi connectivity index (χ1v) is 12.1. The van der Waals surface area contributed by atoms with Gasteiger partial charge >= 0.3 is 6.03 Å². The summed E-state index contributed by atoms with van der Waals surface area (Å²) in [4.78, 5) is 29.2. The zero-order valence-electron chi connectivity index (χ0n) is 18.6. The lowest BCUT2D eigenvalue weighted by Crippen LogP contribution is -2.47. The van der Waals surface area contributed by atoms with E-state index in [1.165, 1.54) is 18.2 Å². The van der Waals surface area contributed by atoms with Gasteiger partial charge in [0.25, 0.3) is 0 Å². The molecule has 1 atom stereocenters. The van der Waals surface area contributed by atoms with Gasteiger partial charge < -0.3 is 5.32 Å². The second-order valence-corrected chi connectivity index (χ2v) is 9.49. The Hall–Kier alpha value is -3.20. The van der Waals surface area contributed by atoms with Gasteiger partial charge in [-0.1, -0.05) is 61.4 Å². The highest BCUT2D eigenvalue weighted by molar-refractivity contribution is 8.00. The number of nitrogens with one attached hydrogen (secondary N) is 2. The van der Waals surface area contributed by atoms with Crippen LogP contribution in [0.2, 0.25) is 0 Å². The molecule has 0 aliphatic heterocycles. The van der Waals surface area contributed by atoms with Gasteiger partial charge in [0.05, 0.1) is 11.8 Å². The largest absolute Gasteiger partial charge is 0.335 e. The SMILES string of the molecule is CC(Sc1nnc(-c2cccnc2)n1Cc1ccccc1)C(=O)NC(=O)NC1CCCCC1. The second-order valence-electron chi connectivity index (χ2n) is 8.18. The molecule has 0 radical (unpaired) electrons. The topological polar surface area (TPSA) is 102 Å². The number of carbonyl (C=O) groups excluding carboxylic acids is 2. The molecule has 1 fully saturated rings. The number of pyridine rings is 1. The normalized spacial score (nSPS) is 15.1. The molecule has 0 saturated heterocycles. The van der Waals surface area contributed by atoms with Crippen LogP contribution in [0.1, 0.15) is 44.6 Å². The molecule has 1 aromatic carbocycles. The van der Waals surface area contributed by atoms with E-state index in [9.17, 15) is 9.59 Å². The number of rotatable bonds is 7. The van der Waals surface area contributed by atoms with Crippen molar-refractivity contribution in [3.05, 3.63) is 60.4 Å². The molecule has 1 aliphatic rings. The number of imide groups is 1. The summed E-state index contributed by atoms with van der Waals surface area (Å²) in [7, 11) is 0. The number of benzene rings is 1. The van der Waals surface area contributed by atoms with Gasteiger partial charge in [0.2, 0.25) is 5.91 Å². The third kappa shape index (κ3) is 6.19. The quantitative estimate of drug-likeness (QED) is 0.512. The molecule has 2 N–H and O–H groups in total. The van der Waals surface area contributed by atoms with Crippen LogP contribution in [0.15, 0.2) is 60.0 Å². The average molecular weight is 465 g/mol. The lowest BCUT2D eigenvalue weighted by molar-refractivity contribution is -0.119. The van der Waals surface area contributed by atoms with Crippen LogP contribution in [0.5, 0.6) is 0 Å². The molecule has 3 amide bonds. The summed E-state index contributed by atoms with van der Waals surface area (Å²) < 4.78 is 1.98. The number of urea groups is 1. The summed E-state index contributed by atoms with van der Waals surface area (Å²) in [5, 5.41) is 14.2. The first kappa shape index (κ1) is 23.0. The molecular formula is C24H28N6O2S. The molecule has 2 aromatic heterocycles. The minimum absolute atomic E-state index is 0.144. The molecule has 172 valence electrons. The van der Waals surface area contributed by atoms with Crippen molar-refractivity contribution in [2.24, 2.45) is 0 Å². The monoisotopic (exact) mass is 464 g/mol. The number of hydrogen-bond donors (Lipinski definition) is 2. The summed E-state index contributed by atoms with van der Waals surface area (Å²) in [6, 6.07) is 13.5. The van der Waals surface area contributed by atoms with E-state index in [1.54, 1.807) is 19.3 Å². The minimum atomic E-state index is -0.525. The predicted octanol–water partition coefficient (Wildman–Crippen LogP) is 4.03. The number of nitrogens with zero attached hydrogens (tertiary/aromatic N) is 4. The van der Waals surface area contributed by atoms with Crippen molar-refractivity contribution in [2.45, 2.75) is 62.0 Å². The molecule has 4 rings (SSSR count). The van der Waals surface area contributed by atoms with Gasteiger partial charge in [-0.05, 0) is 37.5 Å². The van der Waals surface area contributed by atoms with E-state index in [-0.39, 0.29) is 11.9 Å². The Morgan fingerprint density at radius 3 is 2.61 bits per heavy atom. The molecule has 0 bridgehead atoms.